The Morgan fingerprint density at radius 2 is 1.14 bits per heavy atom. The van der Waals surface area contributed by atoms with Crippen molar-refractivity contribution in [1.29, 1.82) is 0 Å². The summed E-state index contributed by atoms with van der Waals surface area (Å²) in [6.45, 7) is 2.24. The molecule has 0 unspecified atom stereocenters. The van der Waals surface area contributed by atoms with Gasteiger partial charge in [-0.05, 0) is 97.0 Å². The van der Waals surface area contributed by atoms with Crippen LogP contribution in [0, 0.1) is 0 Å². The van der Waals surface area contributed by atoms with Crippen molar-refractivity contribution in [1.82, 2.24) is 0 Å². The molecule has 238 valence electrons. The molecule has 1 heterocycles. The van der Waals surface area contributed by atoms with Crippen LogP contribution < -0.4 is 0 Å². The summed E-state index contributed by atoms with van der Waals surface area (Å²) >= 11 is 1.90. The van der Waals surface area contributed by atoms with Crippen molar-refractivity contribution in [3.63, 3.8) is 0 Å². The number of fused-ring (bicyclic) bond motifs is 4. The molecule has 0 bridgehead atoms. The molecule has 8 aromatic rings. The molecule has 50 heavy (non-hydrogen) atoms. The van der Waals surface area contributed by atoms with Gasteiger partial charge < -0.3 is 0 Å². The minimum atomic E-state index is 0.816. The topological polar surface area (TPSA) is 0 Å². The van der Waals surface area contributed by atoms with Crippen LogP contribution in [0.5, 0.6) is 0 Å². The number of thiophene rings is 1. The number of hydrogen-bond donors (Lipinski definition) is 0. The SMILES string of the molecule is CC/C=C(\C=C/Cc1cc(-c2ccccc2)c2c(c1-c1ccccc1)-c1cccc3cccc-2c13)c1sc2ccccc2c1-c1ccccc1. The van der Waals surface area contributed by atoms with Crippen molar-refractivity contribution >= 4 is 37.8 Å². The van der Waals surface area contributed by atoms with E-state index in [1.165, 1.54) is 92.5 Å². The van der Waals surface area contributed by atoms with E-state index in [0.717, 1.165) is 12.8 Å². The molecule has 0 fully saturated rings. The van der Waals surface area contributed by atoms with Gasteiger partial charge in [0.25, 0.3) is 0 Å². The first-order valence-electron chi connectivity index (χ1n) is 17.6. The van der Waals surface area contributed by atoms with E-state index in [1.807, 2.05) is 11.3 Å². The lowest BCUT2D eigenvalue weighted by Crippen LogP contribution is -1.96. The third kappa shape index (κ3) is 5.14. The summed E-state index contributed by atoms with van der Waals surface area (Å²) in [5, 5.41) is 3.97. The standard InChI is InChI=1S/C49H36S/c1-2-17-37(49-46(36-22-10-5-11-23-36)39-28-12-13-31-43(39)50-49)26-14-27-38-32-42(33-18-6-3-7-19-33)47-40-29-15-24-35-25-16-30-41(45(35)40)48(47)44(38)34-20-8-4-9-21-34/h3-26,28-32H,2,27H2,1H3/b26-14-,37-17+. The lowest BCUT2D eigenvalue weighted by molar-refractivity contribution is 1.23. The first kappa shape index (κ1) is 30.3. The summed E-state index contributed by atoms with van der Waals surface area (Å²) in [5.74, 6) is 0. The van der Waals surface area contributed by atoms with Crippen molar-refractivity contribution in [3.8, 4) is 55.6 Å². The van der Waals surface area contributed by atoms with Gasteiger partial charge in [-0.2, -0.15) is 0 Å². The van der Waals surface area contributed by atoms with E-state index >= 15 is 0 Å². The van der Waals surface area contributed by atoms with Crippen molar-refractivity contribution < 1.29 is 0 Å². The first-order valence-corrected chi connectivity index (χ1v) is 18.4. The minimum Gasteiger partial charge on any atom is -0.135 e. The van der Waals surface area contributed by atoms with Gasteiger partial charge in [0.1, 0.15) is 0 Å². The Bertz CT molecular complexity index is 2560. The predicted molar refractivity (Wildman–Crippen MR) is 218 cm³/mol. The summed E-state index contributed by atoms with van der Waals surface area (Å²) in [7, 11) is 0. The van der Waals surface area contributed by atoms with Crippen LogP contribution in [0.15, 0.2) is 176 Å². The molecule has 0 N–H and O–H groups in total. The normalized spacial score (nSPS) is 12.3. The Balaban J connectivity index is 1.24. The minimum absolute atomic E-state index is 0.816. The average Bonchev–Trinajstić information content (AvgIpc) is 3.73. The zero-order valence-corrected chi connectivity index (χ0v) is 28.9. The Morgan fingerprint density at radius 3 is 1.82 bits per heavy atom. The smallest absolute Gasteiger partial charge is 0.0430 e. The number of rotatable bonds is 8. The highest BCUT2D eigenvalue weighted by atomic mass is 32.1. The highest BCUT2D eigenvalue weighted by Gasteiger charge is 2.29. The molecule has 1 aromatic heterocycles. The second-order valence-corrected chi connectivity index (χ2v) is 14.0. The van der Waals surface area contributed by atoms with Crippen LogP contribution in [0.1, 0.15) is 23.8 Å². The van der Waals surface area contributed by atoms with Crippen LogP contribution in [-0.2, 0) is 6.42 Å². The van der Waals surface area contributed by atoms with E-state index in [2.05, 4.69) is 183 Å². The lowest BCUT2D eigenvalue weighted by Gasteiger charge is -2.20. The molecule has 0 aliphatic heterocycles. The first-order chi connectivity index (χ1) is 24.8. The van der Waals surface area contributed by atoms with Gasteiger partial charge in [0.2, 0.25) is 0 Å². The average molecular weight is 657 g/mol. The molecule has 0 saturated heterocycles. The van der Waals surface area contributed by atoms with E-state index < -0.39 is 0 Å². The second-order valence-electron chi connectivity index (χ2n) is 13.0. The van der Waals surface area contributed by atoms with Crippen LogP contribution in [0.2, 0.25) is 0 Å². The van der Waals surface area contributed by atoms with Gasteiger partial charge >= 0.3 is 0 Å². The molecule has 0 amide bonds. The van der Waals surface area contributed by atoms with Gasteiger partial charge in [0.15, 0.2) is 0 Å². The highest BCUT2D eigenvalue weighted by molar-refractivity contribution is 7.20. The Kier molecular flexibility index (Phi) is 7.84. The van der Waals surface area contributed by atoms with Crippen molar-refractivity contribution in [2.75, 3.05) is 0 Å². The summed E-state index contributed by atoms with van der Waals surface area (Å²) < 4.78 is 1.32. The number of hydrogen-bond acceptors (Lipinski definition) is 1. The monoisotopic (exact) mass is 656 g/mol. The fourth-order valence-corrected chi connectivity index (χ4v) is 9.14. The Morgan fingerprint density at radius 1 is 0.540 bits per heavy atom. The summed E-state index contributed by atoms with van der Waals surface area (Å²) in [4.78, 5) is 1.33. The molecule has 0 nitrogen and oxygen atoms in total. The molecule has 1 aliphatic rings. The molecule has 0 saturated carbocycles. The number of benzene rings is 7. The van der Waals surface area contributed by atoms with E-state index in [4.69, 9.17) is 0 Å². The van der Waals surface area contributed by atoms with Crippen LogP contribution in [0.3, 0.4) is 0 Å². The molecule has 0 spiro atoms. The molecule has 0 radical (unpaired) electrons. The highest BCUT2D eigenvalue weighted by Crippen LogP contribution is 2.55. The van der Waals surface area contributed by atoms with Crippen LogP contribution >= 0.6 is 11.3 Å². The van der Waals surface area contributed by atoms with Gasteiger partial charge in [-0.15, -0.1) is 11.3 Å². The third-order valence-electron chi connectivity index (χ3n) is 9.98. The van der Waals surface area contributed by atoms with Gasteiger partial charge in [-0.1, -0.05) is 171 Å². The summed E-state index contributed by atoms with van der Waals surface area (Å²) in [5.41, 5.74) is 15.7. The van der Waals surface area contributed by atoms with Gasteiger partial charge in [0, 0.05) is 20.5 Å². The fraction of sp³-hybridized carbons (Fsp3) is 0.0612. The van der Waals surface area contributed by atoms with Gasteiger partial charge in [0.05, 0.1) is 0 Å². The van der Waals surface area contributed by atoms with E-state index in [-0.39, 0.29) is 0 Å². The predicted octanol–water partition coefficient (Wildman–Crippen LogP) is 14.3. The lowest BCUT2D eigenvalue weighted by atomic mass is 9.83. The summed E-state index contributed by atoms with van der Waals surface area (Å²) in [6, 6.07) is 57.7. The molecule has 0 atom stereocenters. The maximum atomic E-state index is 2.48. The van der Waals surface area contributed by atoms with Crippen LogP contribution in [-0.4, -0.2) is 0 Å². The third-order valence-corrected chi connectivity index (χ3v) is 11.2. The largest absolute Gasteiger partial charge is 0.135 e. The maximum Gasteiger partial charge on any atom is 0.0430 e. The van der Waals surface area contributed by atoms with E-state index in [0.29, 0.717) is 0 Å². The van der Waals surface area contributed by atoms with Crippen molar-refractivity contribution in [3.05, 3.63) is 186 Å². The molecular formula is C49H36S. The molecular weight excluding hydrogens is 621 g/mol. The molecule has 1 heteroatoms. The molecule has 7 aromatic carbocycles. The van der Waals surface area contributed by atoms with Gasteiger partial charge in [-0.3, -0.25) is 0 Å². The van der Waals surface area contributed by atoms with E-state index in [1.54, 1.807) is 0 Å². The Labute approximate surface area is 298 Å². The molecule has 9 rings (SSSR count). The second kappa shape index (κ2) is 12.9. The Hall–Kier alpha value is -5.76. The maximum absolute atomic E-state index is 2.48. The van der Waals surface area contributed by atoms with E-state index in [9.17, 15) is 0 Å². The summed E-state index contributed by atoms with van der Waals surface area (Å²) in [6.07, 6.45) is 8.95. The van der Waals surface area contributed by atoms with Gasteiger partial charge in [-0.25, -0.2) is 0 Å². The fourth-order valence-electron chi connectivity index (χ4n) is 7.90. The zero-order chi connectivity index (χ0) is 33.4. The van der Waals surface area contributed by atoms with Crippen molar-refractivity contribution in [2.45, 2.75) is 19.8 Å². The molecule has 1 aliphatic carbocycles. The van der Waals surface area contributed by atoms with Crippen LogP contribution in [0.4, 0.5) is 0 Å². The zero-order valence-electron chi connectivity index (χ0n) is 28.1. The quantitative estimate of drug-likeness (QED) is 0.143. The van der Waals surface area contributed by atoms with Crippen molar-refractivity contribution in [2.24, 2.45) is 0 Å². The number of allylic oxidation sites excluding steroid dienone is 4. The van der Waals surface area contributed by atoms with Crippen LogP contribution in [0.25, 0.3) is 82.1 Å².